The molecule has 2 unspecified atom stereocenters. The summed E-state index contributed by atoms with van der Waals surface area (Å²) in [6.07, 6.45) is 3.43. The van der Waals surface area contributed by atoms with Crippen molar-refractivity contribution in [3.63, 3.8) is 0 Å². The number of amides is 1. The lowest BCUT2D eigenvalue weighted by molar-refractivity contribution is -0.142. The van der Waals surface area contributed by atoms with Crippen LogP contribution in [0.15, 0.2) is 12.5 Å². The Morgan fingerprint density at radius 3 is 2.50 bits per heavy atom. The van der Waals surface area contributed by atoms with Crippen LogP contribution in [0, 0.1) is 5.92 Å². The molecule has 1 fully saturated rings. The number of carbonyl (C=O) groups is 2. The van der Waals surface area contributed by atoms with E-state index in [9.17, 15) is 14.7 Å². The molecule has 2 atom stereocenters. The van der Waals surface area contributed by atoms with Gasteiger partial charge in [-0.05, 0) is 27.7 Å². The number of carboxylic acids is 1. The van der Waals surface area contributed by atoms with E-state index in [0.29, 0.717) is 0 Å². The smallest absolute Gasteiger partial charge is 0.309 e. The molecule has 0 spiro atoms. The van der Waals surface area contributed by atoms with Gasteiger partial charge in [-0.3, -0.25) is 9.59 Å². The Labute approximate surface area is 118 Å². The average Bonchev–Trinajstić information content (AvgIpc) is 2.91. The van der Waals surface area contributed by atoms with Gasteiger partial charge in [0.25, 0.3) is 0 Å². The summed E-state index contributed by atoms with van der Waals surface area (Å²) in [4.78, 5) is 29.5. The molecule has 1 aliphatic heterocycles. The Hall–Kier alpha value is -1.85. The largest absolute Gasteiger partial charge is 0.481 e. The fourth-order valence-corrected chi connectivity index (χ4v) is 2.91. The predicted octanol–water partition coefficient (Wildman–Crippen LogP) is 1.85. The second-order valence-corrected chi connectivity index (χ2v) is 5.81. The average molecular weight is 279 g/mol. The van der Waals surface area contributed by atoms with E-state index in [-0.39, 0.29) is 24.4 Å². The minimum absolute atomic E-state index is 0.0348. The Kier molecular flexibility index (Phi) is 3.83. The van der Waals surface area contributed by atoms with Crippen molar-refractivity contribution >= 4 is 11.9 Å². The molecule has 110 valence electrons. The molecular formula is C14H21N3O3. The maximum Gasteiger partial charge on any atom is 0.309 e. The quantitative estimate of drug-likeness (QED) is 0.912. The number of hydrogen-bond acceptors (Lipinski definition) is 3. The van der Waals surface area contributed by atoms with E-state index in [4.69, 9.17) is 0 Å². The summed E-state index contributed by atoms with van der Waals surface area (Å²) in [6, 6.07) is -0.302. The summed E-state index contributed by atoms with van der Waals surface area (Å²) >= 11 is 0. The van der Waals surface area contributed by atoms with Crippen molar-refractivity contribution in [3.05, 3.63) is 18.2 Å². The lowest BCUT2D eigenvalue weighted by Gasteiger charge is -2.31. The zero-order valence-electron chi connectivity index (χ0n) is 12.3. The van der Waals surface area contributed by atoms with Crippen LogP contribution < -0.4 is 0 Å². The van der Waals surface area contributed by atoms with Gasteiger partial charge in [-0.25, -0.2) is 4.98 Å². The van der Waals surface area contributed by atoms with Gasteiger partial charge in [0, 0.05) is 18.5 Å². The van der Waals surface area contributed by atoms with Crippen LogP contribution in [0.3, 0.4) is 0 Å². The van der Waals surface area contributed by atoms with E-state index in [1.54, 1.807) is 17.4 Å². The number of rotatable bonds is 4. The highest BCUT2D eigenvalue weighted by Crippen LogP contribution is 2.40. The Bertz CT molecular complexity index is 521. The van der Waals surface area contributed by atoms with E-state index in [1.165, 1.54) is 0 Å². The minimum Gasteiger partial charge on any atom is -0.481 e. The number of hydrogen-bond donors (Lipinski definition) is 1. The maximum atomic E-state index is 12.2. The molecule has 0 saturated carbocycles. The molecule has 0 aliphatic carbocycles. The standard InChI is InChI=1S/C14H21N3O3/c1-8(2)16-7-15-6-11(16)13-10(14(19)20)5-12(18)17(13)9(3)4/h6-10,13H,5H2,1-4H3,(H,19,20). The summed E-state index contributed by atoms with van der Waals surface area (Å²) in [5, 5.41) is 9.42. The lowest BCUT2D eigenvalue weighted by atomic mass is 9.97. The number of carbonyl (C=O) groups excluding carboxylic acids is 1. The molecule has 0 radical (unpaired) electrons. The summed E-state index contributed by atoms with van der Waals surface area (Å²) in [6.45, 7) is 7.84. The van der Waals surface area contributed by atoms with Gasteiger partial charge in [0.15, 0.2) is 0 Å². The normalized spacial score (nSPS) is 23.1. The molecule has 0 aromatic carbocycles. The summed E-state index contributed by atoms with van der Waals surface area (Å²) < 4.78 is 1.94. The van der Waals surface area contributed by atoms with Crippen LogP contribution >= 0.6 is 0 Å². The number of aromatic nitrogens is 2. The van der Waals surface area contributed by atoms with Gasteiger partial charge in [-0.2, -0.15) is 0 Å². The van der Waals surface area contributed by atoms with Gasteiger partial charge in [-0.1, -0.05) is 0 Å². The fraction of sp³-hybridized carbons (Fsp3) is 0.643. The van der Waals surface area contributed by atoms with Crippen molar-refractivity contribution < 1.29 is 14.7 Å². The van der Waals surface area contributed by atoms with E-state index in [1.807, 2.05) is 32.3 Å². The topological polar surface area (TPSA) is 75.4 Å². The van der Waals surface area contributed by atoms with Crippen LogP contribution in [0.1, 0.15) is 51.9 Å². The second-order valence-electron chi connectivity index (χ2n) is 5.81. The molecule has 1 N–H and O–H groups in total. The molecule has 2 rings (SSSR count). The van der Waals surface area contributed by atoms with Crippen molar-refractivity contribution in [2.75, 3.05) is 0 Å². The number of carboxylic acid groups (broad SMARTS) is 1. The van der Waals surface area contributed by atoms with E-state index in [2.05, 4.69) is 4.98 Å². The third-order valence-electron chi connectivity index (χ3n) is 3.79. The SMILES string of the molecule is CC(C)N1C(=O)CC(C(=O)O)C1c1cncn1C(C)C. The van der Waals surface area contributed by atoms with Crippen LogP contribution in [0.25, 0.3) is 0 Å². The molecule has 6 heteroatoms. The number of aliphatic carboxylic acids is 1. The number of imidazole rings is 1. The van der Waals surface area contributed by atoms with Crippen LogP contribution in [-0.4, -0.2) is 37.5 Å². The monoisotopic (exact) mass is 279 g/mol. The van der Waals surface area contributed by atoms with Gasteiger partial charge >= 0.3 is 5.97 Å². The van der Waals surface area contributed by atoms with Gasteiger partial charge in [-0.15, -0.1) is 0 Å². The van der Waals surface area contributed by atoms with E-state index >= 15 is 0 Å². The Morgan fingerprint density at radius 1 is 1.35 bits per heavy atom. The maximum absolute atomic E-state index is 12.2. The fourth-order valence-electron chi connectivity index (χ4n) is 2.91. The third-order valence-corrected chi connectivity index (χ3v) is 3.79. The van der Waals surface area contributed by atoms with E-state index in [0.717, 1.165) is 5.69 Å². The summed E-state index contributed by atoms with van der Waals surface area (Å²) in [7, 11) is 0. The lowest BCUT2D eigenvalue weighted by Crippen LogP contribution is -2.37. The number of nitrogens with zero attached hydrogens (tertiary/aromatic N) is 3. The molecular weight excluding hydrogens is 258 g/mol. The first kappa shape index (κ1) is 14.6. The summed E-state index contributed by atoms with van der Waals surface area (Å²) in [5.41, 5.74) is 0.798. The molecule has 1 saturated heterocycles. The Morgan fingerprint density at radius 2 is 2.00 bits per heavy atom. The zero-order valence-corrected chi connectivity index (χ0v) is 12.3. The highest BCUT2D eigenvalue weighted by molar-refractivity contribution is 5.87. The molecule has 2 heterocycles. The zero-order chi connectivity index (χ0) is 15.0. The molecule has 1 amide bonds. The minimum atomic E-state index is -0.928. The van der Waals surface area contributed by atoms with Crippen molar-refractivity contribution in [2.45, 2.75) is 52.2 Å². The second kappa shape index (κ2) is 5.26. The van der Waals surface area contributed by atoms with Gasteiger partial charge in [0.2, 0.25) is 5.91 Å². The van der Waals surface area contributed by atoms with Crippen molar-refractivity contribution in [1.29, 1.82) is 0 Å². The molecule has 1 aromatic rings. The molecule has 0 bridgehead atoms. The van der Waals surface area contributed by atoms with Crippen molar-refractivity contribution in [2.24, 2.45) is 5.92 Å². The highest BCUT2D eigenvalue weighted by Gasteiger charge is 2.47. The first-order valence-electron chi connectivity index (χ1n) is 6.90. The highest BCUT2D eigenvalue weighted by atomic mass is 16.4. The van der Waals surface area contributed by atoms with Crippen LogP contribution in [0.2, 0.25) is 0 Å². The van der Waals surface area contributed by atoms with E-state index < -0.39 is 17.9 Å². The summed E-state index contributed by atoms with van der Waals surface area (Å²) in [5.74, 6) is -1.74. The van der Waals surface area contributed by atoms with Gasteiger partial charge in [0.1, 0.15) is 0 Å². The molecule has 6 nitrogen and oxygen atoms in total. The van der Waals surface area contributed by atoms with Gasteiger partial charge in [0.05, 0.1) is 30.2 Å². The van der Waals surface area contributed by atoms with Crippen LogP contribution in [0.4, 0.5) is 0 Å². The Balaban J connectivity index is 2.49. The van der Waals surface area contributed by atoms with Gasteiger partial charge < -0.3 is 14.6 Å². The first-order chi connectivity index (χ1) is 9.34. The van der Waals surface area contributed by atoms with Crippen LogP contribution in [0.5, 0.6) is 0 Å². The number of likely N-dealkylation sites (tertiary alicyclic amines) is 1. The molecule has 20 heavy (non-hydrogen) atoms. The van der Waals surface area contributed by atoms with Crippen molar-refractivity contribution in [3.8, 4) is 0 Å². The molecule has 1 aliphatic rings. The predicted molar refractivity (Wildman–Crippen MR) is 73.1 cm³/mol. The van der Waals surface area contributed by atoms with Crippen molar-refractivity contribution in [1.82, 2.24) is 14.5 Å². The molecule has 1 aromatic heterocycles. The first-order valence-corrected chi connectivity index (χ1v) is 6.90. The van der Waals surface area contributed by atoms with Crippen LogP contribution in [-0.2, 0) is 9.59 Å². The third kappa shape index (κ3) is 2.30.